The van der Waals surface area contributed by atoms with Crippen LogP contribution < -0.4 is 15.8 Å². The topological polar surface area (TPSA) is 129 Å². The lowest BCUT2D eigenvalue weighted by Crippen LogP contribution is -2.35. The third-order valence-electron chi connectivity index (χ3n) is 3.73. The lowest BCUT2D eigenvalue weighted by Gasteiger charge is -2.11. The molecule has 1 N–H and O–H groups in total. The van der Waals surface area contributed by atoms with Gasteiger partial charge in [0.05, 0.1) is 22.0 Å². The molecule has 2 aromatic carbocycles. The van der Waals surface area contributed by atoms with E-state index in [2.05, 4.69) is 15.5 Å². The third-order valence-corrected chi connectivity index (χ3v) is 3.73. The minimum Gasteiger partial charge on any atom is -0.399 e. The summed E-state index contributed by atoms with van der Waals surface area (Å²) < 4.78 is 0.960. The molecule has 0 atom stereocenters. The summed E-state index contributed by atoms with van der Waals surface area (Å²) in [6, 6.07) is 12.5. The van der Waals surface area contributed by atoms with E-state index in [4.69, 9.17) is 4.84 Å². The first kappa shape index (κ1) is 18.7. The molecule has 0 aliphatic heterocycles. The summed E-state index contributed by atoms with van der Waals surface area (Å²) in [7, 11) is 0. The molecule has 1 amide bonds. The summed E-state index contributed by atoms with van der Waals surface area (Å²) in [5, 5.41) is 14.7. The van der Waals surface area contributed by atoms with Gasteiger partial charge < -0.3 is 4.84 Å². The molecule has 0 radical (unpaired) electrons. The fraction of sp³-hybridized carbons (Fsp3) is 0.111. The number of amides is 1. The molecule has 10 heteroatoms. The fourth-order valence-electron chi connectivity index (χ4n) is 2.40. The molecule has 0 saturated carbocycles. The molecule has 3 rings (SSSR count). The number of nitrogens with one attached hydrogen (secondary N) is 1. The molecule has 0 aliphatic carbocycles. The highest BCUT2D eigenvalue weighted by Gasteiger charge is 2.10. The Kier molecular flexibility index (Phi) is 5.40. The molecule has 28 heavy (non-hydrogen) atoms. The Balaban J connectivity index is 1.61. The van der Waals surface area contributed by atoms with E-state index >= 15 is 0 Å². The van der Waals surface area contributed by atoms with Gasteiger partial charge in [-0.3, -0.25) is 19.7 Å². The Hall–Kier alpha value is -4.08. The monoisotopic (exact) mass is 381 g/mol. The lowest BCUT2D eigenvalue weighted by atomic mass is 10.2. The van der Waals surface area contributed by atoms with Gasteiger partial charge in [-0.25, -0.2) is 10.4 Å². The number of para-hydroxylation sites is 1. The van der Waals surface area contributed by atoms with Crippen LogP contribution in [0.1, 0.15) is 11.4 Å². The molecule has 0 unspecified atom stereocenters. The van der Waals surface area contributed by atoms with Crippen LogP contribution in [-0.2, 0) is 4.79 Å². The molecule has 3 aromatic rings. The molecule has 1 heterocycles. The van der Waals surface area contributed by atoms with Crippen LogP contribution in [0.25, 0.3) is 10.9 Å². The predicted molar refractivity (Wildman–Crippen MR) is 101 cm³/mol. The molecule has 0 bridgehead atoms. The van der Waals surface area contributed by atoms with Crippen molar-refractivity contribution in [2.45, 2.75) is 6.92 Å². The van der Waals surface area contributed by atoms with E-state index in [0.29, 0.717) is 22.3 Å². The summed E-state index contributed by atoms with van der Waals surface area (Å²) >= 11 is 0. The van der Waals surface area contributed by atoms with Gasteiger partial charge >= 0.3 is 0 Å². The number of carbonyl (C=O) groups excluding carboxylic acids is 1. The number of benzene rings is 2. The SMILES string of the molecule is Cc1nc2ccccc2c(=O)n1OCC(=O)NN=Cc1ccc([N+](=O)[O-])cc1. The van der Waals surface area contributed by atoms with Crippen LogP contribution in [0.3, 0.4) is 0 Å². The number of nitrogens with zero attached hydrogens (tertiary/aromatic N) is 4. The van der Waals surface area contributed by atoms with Gasteiger partial charge in [0.1, 0.15) is 5.82 Å². The minimum absolute atomic E-state index is 0.0422. The molecule has 1 aromatic heterocycles. The van der Waals surface area contributed by atoms with Crippen LogP contribution >= 0.6 is 0 Å². The number of rotatable bonds is 6. The van der Waals surface area contributed by atoms with E-state index in [9.17, 15) is 19.7 Å². The number of hydrogen-bond acceptors (Lipinski definition) is 7. The van der Waals surface area contributed by atoms with E-state index in [1.165, 1.54) is 30.5 Å². The second-order valence-corrected chi connectivity index (χ2v) is 5.69. The number of hydrazone groups is 1. The summed E-state index contributed by atoms with van der Waals surface area (Å²) in [5.74, 6) is -0.275. The van der Waals surface area contributed by atoms with Crippen molar-refractivity contribution in [2.24, 2.45) is 5.10 Å². The van der Waals surface area contributed by atoms with Gasteiger partial charge in [0, 0.05) is 12.1 Å². The molecule has 10 nitrogen and oxygen atoms in total. The number of nitro benzene ring substituents is 1. The van der Waals surface area contributed by atoms with Crippen molar-refractivity contribution in [1.29, 1.82) is 0 Å². The number of carbonyl (C=O) groups is 1. The van der Waals surface area contributed by atoms with Gasteiger partial charge in [-0.1, -0.05) is 12.1 Å². The van der Waals surface area contributed by atoms with E-state index in [-0.39, 0.29) is 5.69 Å². The fourth-order valence-corrected chi connectivity index (χ4v) is 2.40. The van der Waals surface area contributed by atoms with Gasteiger partial charge in [0.2, 0.25) is 0 Å². The smallest absolute Gasteiger partial charge is 0.294 e. The number of aromatic nitrogens is 2. The highest BCUT2D eigenvalue weighted by atomic mass is 16.7. The Labute approximate surface area is 158 Å². The maximum atomic E-state index is 12.4. The number of nitro groups is 1. The van der Waals surface area contributed by atoms with Crippen LogP contribution in [-0.4, -0.2) is 33.4 Å². The predicted octanol–water partition coefficient (Wildman–Crippen LogP) is 1.19. The molecular weight excluding hydrogens is 366 g/mol. The average Bonchev–Trinajstić information content (AvgIpc) is 2.68. The van der Waals surface area contributed by atoms with Crippen molar-refractivity contribution in [3.63, 3.8) is 0 Å². The van der Waals surface area contributed by atoms with Crippen molar-refractivity contribution in [2.75, 3.05) is 6.61 Å². The van der Waals surface area contributed by atoms with Crippen LogP contribution in [0.2, 0.25) is 0 Å². The molecule has 0 fully saturated rings. The first-order chi connectivity index (χ1) is 13.5. The van der Waals surface area contributed by atoms with Crippen molar-refractivity contribution in [3.05, 3.63) is 80.4 Å². The number of non-ortho nitro benzene ring substituents is 1. The highest BCUT2D eigenvalue weighted by molar-refractivity contribution is 5.83. The number of aryl methyl sites for hydroxylation is 1. The van der Waals surface area contributed by atoms with Crippen molar-refractivity contribution in [3.8, 4) is 0 Å². The van der Waals surface area contributed by atoms with E-state index in [1.807, 2.05) is 0 Å². The zero-order valence-electron chi connectivity index (χ0n) is 14.7. The van der Waals surface area contributed by atoms with Crippen LogP contribution in [0.4, 0.5) is 5.69 Å². The first-order valence-electron chi connectivity index (χ1n) is 8.14. The Morgan fingerprint density at radius 2 is 2.00 bits per heavy atom. The normalized spacial score (nSPS) is 10.9. The standard InChI is InChI=1S/C18H15N5O5/c1-12-20-16-5-3-2-4-15(16)18(25)22(12)28-11-17(24)21-19-10-13-6-8-14(9-7-13)23(26)27/h2-10H,11H2,1H3,(H,21,24). The van der Waals surface area contributed by atoms with E-state index in [1.54, 1.807) is 31.2 Å². The summed E-state index contributed by atoms with van der Waals surface area (Å²) in [6.07, 6.45) is 1.33. The maximum Gasteiger partial charge on any atom is 0.294 e. The minimum atomic E-state index is -0.586. The third kappa shape index (κ3) is 4.18. The van der Waals surface area contributed by atoms with Crippen LogP contribution in [0.5, 0.6) is 0 Å². The van der Waals surface area contributed by atoms with E-state index < -0.39 is 23.0 Å². The van der Waals surface area contributed by atoms with Crippen LogP contribution in [0.15, 0.2) is 58.4 Å². The average molecular weight is 381 g/mol. The van der Waals surface area contributed by atoms with Gasteiger partial charge in [-0.2, -0.15) is 5.10 Å². The molecule has 0 spiro atoms. The zero-order valence-corrected chi connectivity index (χ0v) is 14.7. The van der Waals surface area contributed by atoms with Gasteiger partial charge in [0.15, 0.2) is 6.61 Å². The molecule has 142 valence electrons. The Bertz CT molecular complexity index is 1120. The highest BCUT2D eigenvalue weighted by Crippen LogP contribution is 2.10. The molecule has 0 saturated heterocycles. The Morgan fingerprint density at radius 3 is 2.71 bits per heavy atom. The Morgan fingerprint density at radius 1 is 1.29 bits per heavy atom. The molecule has 0 aliphatic rings. The van der Waals surface area contributed by atoms with E-state index in [0.717, 1.165) is 4.73 Å². The largest absolute Gasteiger partial charge is 0.399 e. The number of fused-ring (bicyclic) bond motifs is 1. The van der Waals surface area contributed by atoms with Gasteiger partial charge in [-0.15, -0.1) is 4.73 Å². The van der Waals surface area contributed by atoms with Crippen LogP contribution in [0, 0.1) is 17.0 Å². The van der Waals surface area contributed by atoms with Crippen molar-refractivity contribution < 1.29 is 14.6 Å². The quantitative estimate of drug-likeness (QED) is 0.388. The van der Waals surface area contributed by atoms with Crippen molar-refractivity contribution in [1.82, 2.24) is 15.1 Å². The zero-order chi connectivity index (χ0) is 20.1. The van der Waals surface area contributed by atoms with Gasteiger partial charge in [0.25, 0.3) is 17.2 Å². The second-order valence-electron chi connectivity index (χ2n) is 5.69. The summed E-state index contributed by atoms with van der Waals surface area (Å²) in [6.45, 7) is 1.15. The molecular formula is C18H15N5O5. The maximum absolute atomic E-state index is 12.4. The first-order valence-corrected chi connectivity index (χ1v) is 8.14. The number of hydrogen-bond donors (Lipinski definition) is 1. The second kappa shape index (κ2) is 8.08. The van der Waals surface area contributed by atoms with Gasteiger partial charge in [-0.05, 0) is 36.8 Å². The summed E-state index contributed by atoms with van der Waals surface area (Å²) in [4.78, 5) is 43.9. The summed E-state index contributed by atoms with van der Waals surface area (Å²) in [5.41, 5.74) is 2.91. The lowest BCUT2D eigenvalue weighted by molar-refractivity contribution is -0.384. The van der Waals surface area contributed by atoms with Crippen molar-refractivity contribution >= 4 is 28.7 Å².